The molecule has 0 fully saturated rings. The van der Waals surface area contributed by atoms with E-state index in [0.29, 0.717) is 33.8 Å². The molecule has 1 amide bonds. The van der Waals surface area contributed by atoms with Crippen LogP contribution in [-0.2, 0) is 10.0 Å². The highest BCUT2D eigenvalue weighted by molar-refractivity contribution is 7.92. The topological polar surface area (TPSA) is 108 Å². The van der Waals surface area contributed by atoms with Gasteiger partial charge in [-0.3, -0.25) is 9.52 Å². The SMILES string of the molecule is COc1ccc(NS(=O)(=O)c2cc(NC(=O)c3ccc(C#N)cc3)ccc2C)cc1. The van der Waals surface area contributed by atoms with Crippen LogP contribution >= 0.6 is 0 Å². The zero-order valence-electron chi connectivity index (χ0n) is 16.3. The van der Waals surface area contributed by atoms with Crippen molar-refractivity contribution in [2.24, 2.45) is 0 Å². The highest BCUT2D eigenvalue weighted by Gasteiger charge is 2.18. The van der Waals surface area contributed by atoms with Crippen molar-refractivity contribution in [1.82, 2.24) is 0 Å². The number of amides is 1. The number of hydrogen-bond donors (Lipinski definition) is 2. The van der Waals surface area contributed by atoms with Crippen LogP contribution in [0.1, 0.15) is 21.5 Å². The van der Waals surface area contributed by atoms with E-state index in [2.05, 4.69) is 10.0 Å². The van der Waals surface area contributed by atoms with Gasteiger partial charge in [0.2, 0.25) is 0 Å². The number of anilines is 2. The standard InChI is InChI=1S/C22H19N3O4S/c1-15-3-8-19(24-22(26)17-6-4-16(14-23)5-7-17)13-21(15)30(27,28)25-18-9-11-20(29-2)12-10-18/h3-13,25H,1-2H3,(H,24,26). The molecule has 3 aromatic carbocycles. The van der Waals surface area contributed by atoms with E-state index in [1.807, 2.05) is 6.07 Å². The van der Waals surface area contributed by atoms with Gasteiger partial charge in [-0.2, -0.15) is 5.26 Å². The zero-order valence-corrected chi connectivity index (χ0v) is 17.2. The van der Waals surface area contributed by atoms with Crippen LogP contribution in [-0.4, -0.2) is 21.4 Å². The molecule has 0 heterocycles. The van der Waals surface area contributed by atoms with Crippen LogP contribution in [0.3, 0.4) is 0 Å². The van der Waals surface area contributed by atoms with Gasteiger partial charge in [-0.15, -0.1) is 0 Å². The summed E-state index contributed by atoms with van der Waals surface area (Å²) in [5.41, 5.74) is 2.06. The first-order chi connectivity index (χ1) is 14.3. The minimum atomic E-state index is -3.87. The van der Waals surface area contributed by atoms with Gasteiger partial charge in [0.25, 0.3) is 15.9 Å². The highest BCUT2D eigenvalue weighted by atomic mass is 32.2. The second-order valence-electron chi connectivity index (χ2n) is 6.46. The van der Waals surface area contributed by atoms with Crippen LogP contribution in [0.15, 0.2) is 71.6 Å². The fourth-order valence-electron chi connectivity index (χ4n) is 2.74. The number of carbonyl (C=O) groups excluding carboxylic acids is 1. The minimum Gasteiger partial charge on any atom is -0.497 e. The lowest BCUT2D eigenvalue weighted by Gasteiger charge is -2.13. The van der Waals surface area contributed by atoms with E-state index in [1.165, 1.54) is 25.3 Å². The van der Waals surface area contributed by atoms with Crippen LogP contribution < -0.4 is 14.8 Å². The predicted molar refractivity (Wildman–Crippen MR) is 114 cm³/mol. The molecular formula is C22H19N3O4S. The molecule has 0 bridgehead atoms. The first kappa shape index (κ1) is 20.9. The first-order valence-electron chi connectivity index (χ1n) is 8.91. The molecule has 0 atom stereocenters. The maximum absolute atomic E-state index is 12.9. The third kappa shape index (κ3) is 4.77. The summed E-state index contributed by atoms with van der Waals surface area (Å²) < 4.78 is 33.3. The number of nitrogens with one attached hydrogen (secondary N) is 2. The molecule has 0 saturated carbocycles. The normalized spacial score (nSPS) is 10.7. The number of carbonyl (C=O) groups is 1. The Hall–Kier alpha value is -3.83. The van der Waals surface area contributed by atoms with E-state index < -0.39 is 15.9 Å². The average molecular weight is 421 g/mol. The minimum absolute atomic E-state index is 0.0518. The largest absolute Gasteiger partial charge is 0.497 e. The van der Waals surface area contributed by atoms with Gasteiger partial charge in [0, 0.05) is 16.9 Å². The molecule has 3 rings (SSSR count). The fraction of sp³-hybridized carbons (Fsp3) is 0.0909. The number of aryl methyl sites for hydroxylation is 1. The molecule has 30 heavy (non-hydrogen) atoms. The van der Waals surface area contributed by atoms with Crippen molar-refractivity contribution in [3.8, 4) is 11.8 Å². The Morgan fingerprint density at radius 3 is 2.20 bits per heavy atom. The number of methoxy groups -OCH3 is 1. The monoisotopic (exact) mass is 421 g/mol. The number of nitrogens with zero attached hydrogens (tertiary/aromatic N) is 1. The second-order valence-corrected chi connectivity index (χ2v) is 8.11. The molecule has 0 aliphatic heterocycles. The smallest absolute Gasteiger partial charge is 0.262 e. The lowest BCUT2D eigenvalue weighted by molar-refractivity contribution is 0.102. The van der Waals surface area contributed by atoms with Crippen molar-refractivity contribution in [2.45, 2.75) is 11.8 Å². The summed E-state index contributed by atoms with van der Waals surface area (Å²) in [4.78, 5) is 12.5. The average Bonchev–Trinajstić information content (AvgIpc) is 2.75. The van der Waals surface area contributed by atoms with Gasteiger partial charge in [-0.25, -0.2) is 8.42 Å². The van der Waals surface area contributed by atoms with Gasteiger partial charge in [-0.1, -0.05) is 6.07 Å². The number of sulfonamides is 1. The molecule has 0 saturated heterocycles. The van der Waals surface area contributed by atoms with E-state index in [4.69, 9.17) is 10.00 Å². The molecule has 152 valence electrons. The maximum Gasteiger partial charge on any atom is 0.262 e. The van der Waals surface area contributed by atoms with E-state index >= 15 is 0 Å². The number of nitriles is 1. The maximum atomic E-state index is 12.9. The lowest BCUT2D eigenvalue weighted by atomic mass is 10.1. The number of rotatable bonds is 6. The molecule has 3 aromatic rings. The Balaban J connectivity index is 1.82. The van der Waals surface area contributed by atoms with Crippen molar-refractivity contribution < 1.29 is 17.9 Å². The molecule has 0 aliphatic carbocycles. The number of hydrogen-bond acceptors (Lipinski definition) is 5. The molecule has 0 spiro atoms. The molecule has 7 nitrogen and oxygen atoms in total. The van der Waals surface area contributed by atoms with Crippen LogP contribution in [0.25, 0.3) is 0 Å². The Kier molecular flexibility index (Phi) is 6.04. The highest BCUT2D eigenvalue weighted by Crippen LogP contribution is 2.24. The Morgan fingerprint density at radius 2 is 1.60 bits per heavy atom. The zero-order chi connectivity index (χ0) is 21.7. The van der Waals surface area contributed by atoms with E-state index in [9.17, 15) is 13.2 Å². The van der Waals surface area contributed by atoms with Crippen molar-refractivity contribution in [3.63, 3.8) is 0 Å². The van der Waals surface area contributed by atoms with Crippen LogP contribution in [0, 0.1) is 18.3 Å². The summed E-state index contributed by atoms with van der Waals surface area (Å²) in [5, 5.41) is 11.5. The van der Waals surface area contributed by atoms with Crippen LogP contribution in [0.2, 0.25) is 0 Å². The van der Waals surface area contributed by atoms with Gasteiger partial charge in [0.1, 0.15) is 5.75 Å². The summed E-state index contributed by atoms with van der Waals surface area (Å²) in [7, 11) is -2.35. The van der Waals surface area contributed by atoms with Crippen molar-refractivity contribution >= 4 is 27.3 Å². The fourth-order valence-corrected chi connectivity index (χ4v) is 4.07. The molecule has 0 aliphatic rings. The van der Waals surface area contributed by atoms with Gasteiger partial charge in [0.15, 0.2) is 0 Å². The summed E-state index contributed by atoms with van der Waals surface area (Å²) in [6.07, 6.45) is 0. The molecule has 0 radical (unpaired) electrons. The number of benzene rings is 3. The van der Waals surface area contributed by atoms with Gasteiger partial charge >= 0.3 is 0 Å². The summed E-state index contributed by atoms with van der Waals surface area (Å²) >= 11 is 0. The van der Waals surface area contributed by atoms with E-state index in [0.717, 1.165) is 0 Å². The van der Waals surface area contributed by atoms with E-state index in [-0.39, 0.29) is 4.90 Å². The molecule has 8 heteroatoms. The first-order valence-corrected chi connectivity index (χ1v) is 10.4. The van der Waals surface area contributed by atoms with Gasteiger partial charge in [-0.05, 0) is 73.2 Å². The van der Waals surface area contributed by atoms with Gasteiger partial charge < -0.3 is 10.1 Å². The second kappa shape index (κ2) is 8.68. The third-order valence-corrected chi connectivity index (χ3v) is 5.88. The van der Waals surface area contributed by atoms with Crippen LogP contribution in [0.5, 0.6) is 5.75 Å². The predicted octanol–water partition coefficient (Wildman–Crippen LogP) is 3.93. The molecule has 2 N–H and O–H groups in total. The summed E-state index contributed by atoms with van der Waals surface area (Å²) in [5.74, 6) is 0.205. The van der Waals surface area contributed by atoms with Crippen molar-refractivity contribution in [1.29, 1.82) is 5.26 Å². The van der Waals surface area contributed by atoms with Crippen molar-refractivity contribution in [2.75, 3.05) is 17.1 Å². The summed E-state index contributed by atoms with van der Waals surface area (Å²) in [6.45, 7) is 1.68. The molecule has 0 aromatic heterocycles. The quantitative estimate of drug-likeness (QED) is 0.627. The Bertz CT molecular complexity index is 1210. The van der Waals surface area contributed by atoms with Gasteiger partial charge in [0.05, 0.1) is 23.6 Å². The van der Waals surface area contributed by atoms with Crippen molar-refractivity contribution in [3.05, 3.63) is 83.4 Å². The Labute approximate surface area is 175 Å². The van der Waals surface area contributed by atoms with Crippen LogP contribution in [0.4, 0.5) is 11.4 Å². The number of ether oxygens (including phenoxy) is 1. The van der Waals surface area contributed by atoms with E-state index in [1.54, 1.807) is 55.5 Å². The summed E-state index contributed by atoms with van der Waals surface area (Å²) in [6, 6.07) is 19.3. The lowest BCUT2D eigenvalue weighted by Crippen LogP contribution is -2.16. The molecular weight excluding hydrogens is 402 g/mol. The molecule has 0 unspecified atom stereocenters. The Morgan fingerprint density at radius 1 is 0.967 bits per heavy atom. The third-order valence-electron chi connectivity index (χ3n) is 4.35.